The van der Waals surface area contributed by atoms with Crippen LogP contribution in [0.5, 0.6) is 0 Å². The number of benzene rings is 2. The van der Waals surface area contributed by atoms with Crippen molar-refractivity contribution in [1.29, 1.82) is 0 Å². The van der Waals surface area contributed by atoms with E-state index in [1.54, 1.807) is 24.3 Å². The average molecular weight is 455 g/mol. The quantitative estimate of drug-likeness (QED) is 0.433. The number of hydrogen-bond acceptors (Lipinski definition) is 6. The van der Waals surface area contributed by atoms with E-state index in [-0.39, 0.29) is 17.3 Å². The van der Waals surface area contributed by atoms with E-state index in [1.165, 1.54) is 6.07 Å². The van der Waals surface area contributed by atoms with Crippen molar-refractivity contribution in [2.75, 3.05) is 30.3 Å². The second-order valence-corrected chi connectivity index (χ2v) is 7.74. The van der Waals surface area contributed by atoms with Gasteiger partial charge >= 0.3 is 0 Å². The van der Waals surface area contributed by atoms with E-state index in [2.05, 4.69) is 26.3 Å². The van der Waals surface area contributed by atoms with Gasteiger partial charge in [0.1, 0.15) is 17.8 Å². The van der Waals surface area contributed by atoms with E-state index >= 15 is 0 Å². The second-order valence-electron chi connectivity index (χ2n) is 7.74. The lowest BCUT2D eigenvalue weighted by atomic mass is 9.99. The smallest absolute Gasteiger partial charge is 0.277 e. The Kier molecular flexibility index (Phi) is 6.94. The Hall–Kier alpha value is -3.79. The Morgan fingerprint density at radius 1 is 1.12 bits per heavy atom. The first kappa shape index (κ1) is 22.4. The Labute approximate surface area is 188 Å². The van der Waals surface area contributed by atoms with Gasteiger partial charge < -0.3 is 25.7 Å². The molecule has 1 atom stereocenters. The Morgan fingerprint density at radius 2 is 1.94 bits per heavy atom. The number of halogens is 2. The van der Waals surface area contributed by atoms with E-state index < -0.39 is 23.2 Å². The van der Waals surface area contributed by atoms with Crippen LogP contribution in [0.1, 0.15) is 33.7 Å². The van der Waals surface area contributed by atoms with Crippen LogP contribution in [0.15, 0.2) is 53.5 Å². The summed E-state index contributed by atoms with van der Waals surface area (Å²) in [6, 6.07) is 8.72. The van der Waals surface area contributed by atoms with E-state index in [4.69, 9.17) is 4.42 Å². The summed E-state index contributed by atoms with van der Waals surface area (Å²) in [6.07, 6.45) is 4.29. The van der Waals surface area contributed by atoms with Crippen molar-refractivity contribution < 1.29 is 22.8 Å². The highest BCUT2D eigenvalue weighted by atomic mass is 19.1. The summed E-state index contributed by atoms with van der Waals surface area (Å²) in [5.41, 5.74) is 0.197. The maximum absolute atomic E-state index is 14.9. The summed E-state index contributed by atoms with van der Waals surface area (Å²) < 4.78 is 33.7. The van der Waals surface area contributed by atoms with Crippen molar-refractivity contribution in [3.8, 4) is 0 Å². The third-order valence-corrected chi connectivity index (χ3v) is 5.37. The number of carbonyl (C=O) groups excluding carboxylic acids is 2. The highest BCUT2D eigenvalue weighted by Gasteiger charge is 2.19. The van der Waals surface area contributed by atoms with Crippen LogP contribution in [0.25, 0.3) is 0 Å². The SMILES string of the molecule is O=C(NC[C@@H]1CCCNC1)c1ccc(Nc2ccc(F)c(NC(=O)c3cocn3)c2F)cc1. The predicted octanol–water partition coefficient (Wildman–Crippen LogP) is 3.68. The molecule has 1 aromatic heterocycles. The van der Waals surface area contributed by atoms with Crippen molar-refractivity contribution in [1.82, 2.24) is 15.6 Å². The molecule has 0 spiro atoms. The standard InChI is InChI=1S/C23H23F2N5O3/c24-17-7-8-18(20(25)21(17)30-23(32)19-12-33-13-28-19)29-16-5-3-15(4-6-16)22(31)27-11-14-2-1-9-26-10-14/h3-8,12-14,26,29H,1-2,9-11H2,(H,27,31)(H,30,32)/t14-/m1/s1. The summed E-state index contributed by atoms with van der Waals surface area (Å²) >= 11 is 0. The van der Waals surface area contributed by atoms with Crippen molar-refractivity contribution in [2.24, 2.45) is 5.92 Å². The number of nitrogens with zero attached hydrogens (tertiary/aromatic N) is 1. The zero-order chi connectivity index (χ0) is 23.2. The van der Waals surface area contributed by atoms with Gasteiger partial charge in [-0.2, -0.15) is 0 Å². The first-order chi connectivity index (χ1) is 16.0. The Balaban J connectivity index is 1.40. The molecule has 1 fully saturated rings. The van der Waals surface area contributed by atoms with Crippen molar-refractivity contribution in [3.63, 3.8) is 0 Å². The Morgan fingerprint density at radius 3 is 2.64 bits per heavy atom. The fourth-order valence-electron chi connectivity index (χ4n) is 3.56. The molecule has 10 heteroatoms. The van der Waals surface area contributed by atoms with Gasteiger partial charge in [-0.05, 0) is 68.2 Å². The van der Waals surface area contributed by atoms with Gasteiger partial charge in [0.2, 0.25) is 0 Å². The lowest BCUT2D eigenvalue weighted by Gasteiger charge is -2.22. The molecule has 2 heterocycles. The molecule has 4 rings (SSSR count). The number of oxazole rings is 1. The lowest BCUT2D eigenvalue weighted by molar-refractivity contribution is 0.0944. The molecule has 0 aliphatic carbocycles. The first-order valence-corrected chi connectivity index (χ1v) is 10.5. The highest BCUT2D eigenvalue weighted by molar-refractivity contribution is 6.03. The number of amides is 2. The van der Waals surface area contributed by atoms with Gasteiger partial charge in [-0.1, -0.05) is 0 Å². The van der Waals surface area contributed by atoms with Gasteiger partial charge in [-0.15, -0.1) is 0 Å². The summed E-state index contributed by atoms with van der Waals surface area (Å²) in [7, 11) is 0. The van der Waals surface area contributed by atoms with Gasteiger partial charge in [0.05, 0.1) is 5.69 Å². The van der Waals surface area contributed by atoms with Crippen molar-refractivity contribution in [3.05, 3.63) is 71.9 Å². The van der Waals surface area contributed by atoms with Gasteiger partial charge in [0, 0.05) is 17.8 Å². The fraction of sp³-hybridized carbons (Fsp3) is 0.261. The second kappa shape index (κ2) is 10.2. The molecule has 3 aromatic rings. The molecule has 8 nitrogen and oxygen atoms in total. The van der Waals surface area contributed by atoms with Gasteiger partial charge in [-0.3, -0.25) is 9.59 Å². The van der Waals surface area contributed by atoms with Gasteiger partial charge in [0.25, 0.3) is 11.8 Å². The average Bonchev–Trinajstić information content (AvgIpc) is 3.38. The summed E-state index contributed by atoms with van der Waals surface area (Å²) in [6.45, 7) is 2.52. The molecule has 0 bridgehead atoms. The van der Waals surface area contributed by atoms with Crippen LogP contribution in [0.2, 0.25) is 0 Å². The van der Waals surface area contributed by atoms with Gasteiger partial charge in [-0.25, -0.2) is 13.8 Å². The predicted molar refractivity (Wildman–Crippen MR) is 118 cm³/mol. The number of carbonyl (C=O) groups is 2. The maximum Gasteiger partial charge on any atom is 0.277 e. The molecule has 0 radical (unpaired) electrons. The van der Waals surface area contributed by atoms with Crippen LogP contribution in [-0.4, -0.2) is 36.4 Å². The molecular formula is C23H23F2N5O3. The van der Waals surface area contributed by atoms with Crippen LogP contribution in [0.3, 0.4) is 0 Å². The molecule has 0 saturated carbocycles. The van der Waals surface area contributed by atoms with E-state index in [1.807, 2.05) is 0 Å². The minimum atomic E-state index is -0.977. The monoisotopic (exact) mass is 455 g/mol. The Bertz CT molecular complexity index is 1110. The van der Waals surface area contributed by atoms with Crippen LogP contribution in [-0.2, 0) is 0 Å². The lowest BCUT2D eigenvalue weighted by Crippen LogP contribution is -2.38. The number of piperidine rings is 1. The molecule has 1 aliphatic rings. The fourth-order valence-corrected chi connectivity index (χ4v) is 3.56. The zero-order valence-corrected chi connectivity index (χ0v) is 17.7. The number of rotatable bonds is 7. The van der Waals surface area contributed by atoms with Crippen molar-refractivity contribution in [2.45, 2.75) is 12.8 Å². The van der Waals surface area contributed by atoms with Crippen LogP contribution >= 0.6 is 0 Å². The molecule has 1 saturated heterocycles. The highest BCUT2D eigenvalue weighted by Crippen LogP contribution is 2.28. The summed E-state index contributed by atoms with van der Waals surface area (Å²) in [5.74, 6) is -2.48. The normalized spacial score (nSPS) is 15.6. The molecular weight excluding hydrogens is 432 g/mol. The van der Waals surface area contributed by atoms with Gasteiger partial charge in [0.15, 0.2) is 17.9 Å². The number of anilines is 3. The molecule has 2 amide bonds. The molecule has 172 valence electrons. The summed E-state index contributed by atoms with van der Waals surface area (Å²) in [4.78, 5) is 28.1. The minimum Gasteiger partial charge on any atom is -0.451 e. The molecule has 4 N–H and O–H groups in total. The van der Waals surface area contributed by atoms with Crippen LogP contribution in [0.4, 0.5) is 25.8 Å². The topological polar surface area (TPSA) is 108 Å². The largest absolute Gasteiger partial charge is 0.451 e. The van der Waals surface area contributed by atoms with E-state index in [0.29, 0.717) is 23.7 Å². The van der Waals surface area contributed by atoms with E-state index in [0.717, 1.165) is 44.7 Å². The van der Waals surface area contributed by atoms with Crippen LogP contribution < -0.4 is 21.3 Å². The molecule has 33 heavy (non-hydrogen) atoms. The van der Waals surface area contributed by atoms with E-state index in [9.17, 15) is 18.4 Å². The third-order valence-electron chi connectivity index (χ3n) is 5.37. The summed E-state index contributed by atoms with van der Waals surface area (Å²) in [5, 5.41) is 11.2. The minimum absolute atomic E-state index is 0.0474. The molecule has 0 unspecified atom stereocenters. The molecule has 2 aromatic carbocycles. The first-order valence-electron chi connectivity index (χ1n) is 10.5. The number of nitrogens with one attached hydrogen (secondary N) is 4. The number of aromatic nitrogens is 1. The van der Waals surface area contributed by atoms with Crippen molar-refractivity contribution >= 4 is 28.9 Å². The third kappa shape index (κ3) is 5.53. The molecule has 1 aliphatic heterocycles. The maximum atomic E-state index is 14.9. The zero-order valence-electron chi connectivity index (χ0n) is 17.7. The van der Waals surface area contributed by atoms with Crippen LogP contribution in [0, 0.1) is 17.6 Å². The number of hydrogen-bond donors (Lipinski definition) is 4.